The highest BCUT2D eigenvalue weighted by atomic mass is 16.2. The first kappa shape index (κ1) is 18.9. The van der Waals surface area contributed by atoms with Crippen molar-refractivity contribution >= 4 is 17.5 Å². The molecule has 7 nitrogen and oxygen atoms in total. The van der Waals surface area contributed by atoms with Crippen molar-refractivity contribution in [2.45, 2.75) is 46.0 Å². The monoisotopic (exact) mass is 361 g/mol. The van der Waals surface area contributed by atoms with Crippen molar-refractivity contribution in [1.82, 2.24) is 19.6 Å². The first-order valence-corrected chi connectivity index (χ1v) is 9.77. The number of hydrogen-bond donors (Lipinski definition) is 1. The molecule has 144 valence electrons. The summed E-state index contributed by atoms with van der Waals surface area (Å²) in [7, 11) is 1.88. The van der Waals surface area contributed by atoms with E-state index in [0.29, 0.717) is 12.5 Å². The minimum Gasteiger partial charge on any atom is -0.340 e. The van der Waals surface area contributed by atoms with Crippen molar-refractivity contribution in [3.8, 4) is 0 Å². The van der Waals surface area contributed by atoms with Crippen LogP contribution in [-0.4, -0.2) is 64.1 Å². The molecular weight excluding hydrogens is 330 g/mol. The molecule has 2 amide bonds. The van der Waals surface area contributed by atoms with E-state index in [0.717, 1.165) is 56.1 Å². The Bertz CT molecular complexity index is 655. The molecule has 0 unspecified atom stereocenters. The number of rotatable bonds is 4. The summed E-state index contributed by atoms with van der Waals surface area (Å²) in [6, 6.07) is 0. The molecule has 2 fully saturated rings. The Morgan fingerprint density at radius 1 is 1.08 bits per heavy atom. The van der Waals surface area contributed by atoms with Gasteiger partial charge >= 0.3 is 0 Å². The lowest BCUT2D eigenvalue weighted by Crippen LogP contribution is -2.52. The lowest BCUT2D eigenvalue weighted by molar-refractivity contribution is -0.138. The average molecular weight is 361 g/mol. The average Bonchev–Trinajstić information content (AvgIpc) is 2.88. The van der Waals surface area contributed by atoms with E-state index in [1.165, 1.54) is 19.3 Å². The van der Waals surface area contributed by atoms with Gasteiger partial charge in [0.05, 0.1) is 23.6 Å². The van der Waals surface area contributed by atoms with Gasteiger partial charge in [-0.05, 0) is 26.7 Å². The van der Waals surface area contributed by atoms with Gasteiger partial charge in [-0.2, -0.15) is 5.10 Å². The zero-order valence-corrected chi connectivity index (χ0v) is 16.3. The van der Waals surface area contributed by atoms with E-state index < -0.39 is 0 Å². The molecule has 2 heterocycles. The summed E-state index contributed by atoms with van der Waals surface area (Å²) in [5.41, 5.74) is 2.60. The molecule has 1 N–H and O–H groups in total. The van der Waals surface area contributed by atoms with Gasteiger partial charge in [0.15, 0.2) is 0 Å². The second kappa shape index (κ2) is 8.20. The lowest BCUT2D eigenvalue weighted by atomic mass is 9.88. The maximum atomic E-state index is 12.6. The topological polar surface area (TPSA) is 70.5 Å². The van der Waals surface area contributed by atoms with Crippen molar-refractivity contribution in [3.05, 3.63) is 11.4 Å². The van der Waals surface area contributed by atoms with Gasteiger partial charge in [-0.3, -0.25) is 19.2 Å². The van der Waals surface area contributed by atoms with Gasteiger partial charge in [0.1, 0.15) is 0 Å². The lowest BCUT2D eigenvalue weighted by Gasteiger charge is -2.36. The second-order valence-electron chi connectivity index (χ2n) is 7.65. The first-order valence-electron chi connectivity index (χ1n) is 9.77. The molecule has 1 aromatic heterocycles. The Morgan fingerprint density at radius 2 is 1.73 bits per heavy atom. The predicted molar refractivity (Wildman–Crippen MR) is 101 cm³/mol. The summed E-state index contributed by atoms with van der Waals surface area (Å²) in [4.78, 5) is 29.1. The molecular formula is C19H31N5O2. The summed E-state index contributed by atoms with van der Waals surface area (Å²) in [6.45, 7) is 7.19. The number of anilines is 1. The second-order valence-corrected chi connectivity index (χ2v) is 7.65. The van der Waals surface area contributed by atoms with Crippen molar-refractivity contribution in [2.75, 3.05) is 38.0 Å². The standard InChI is InChI=1S/C19H31N5O2/c1-14-18(15(2)22(3)21-14)20-17(25)13-23-9-11-24(12-10-23)19(26)16-7-5-4-6-8-16/h16H,4-13H2,1-3H3,(H,20,25). The van der Waals surface area contributed by atoms with Gasteiger partial charge in [-0.15, -0.1) is 0 Å². The minimum atomic E-state index is -0.0174. The van der Waals surface area contributed by atoms with Gasteiger partial charge in [0.2, 0.25) is 11.8 Å². The van der Waals surface area contributed by atoms with Crippen LogP contribution in [0, 0.1) is 19.8 Å². The molecule has 1 saturated carbocycles. The zero-order chi connectivity index (χ0) is 18.7. The Morgan fingerprint density at radius 3 is 2.31 bits per heavy atom. The quantitative estimate of drug-likeness (QED) is 0.886. The highest BCUT2D eigenvalue weighted by Gasteiger charge is 2.29. The largest absolute Gasteiger partial charge is 0.340 e. The van der Waals surface area contributed by atoms with Gasteiger partial charge in [-0.1, -0.05) is 19.3 Å². The molecule has 1 saturated heterocycles. The summed E-state index contributed by atoms with van der Waals surface area (Å²) in [6.07, 6.45) is 5.73. The molecule has 1 aromatic rings. The van der Waals surface area contributed by atoms with E-state index in [1.807, 2.05) is 25.8 Å². The van der Waals surface area contributed by atoms with E-state index in [4.69, 9.17) is 0 Å². The third-order valence-electron chi connectivity index (χ3n) is 5.78. The Balaban J connectivity index is 1.46. The van der Waals surface area contributed by atoms with E-state index in [1.54, 1.807) is 4.68 Å². The molecule has 2 aliphatic rings. The highest BCUT2D eigenvalue weighted by Crippen LogP contribution is 2.26. The smallest absolute Gasteiger partial charge is 0.238 e. The molecule has 0 atom stereocenters. The van der Waals surface area contributed by atoms with Crippen LogP contribution in [0.4, 0.5) is 5.69 Å². The Labute approximate surface area is 155 Å². The van der Waals surface area contributed by atoms with Gasteiger partial charge in [0.25, 0.3) is 0 Å². The number of hydrogen-bond acceptors (Lipinski definition) is 4. The number of aryl methyl sites for hydroxylation is 2. The van der Waals surface area contributed by atoms with Crippen LogP contribution in [0.25, 0.3) is 0 Å². The molecule has 0 aromatic carbocycles. The van der Waals surface area contributed by atoms with E-state index in [-0.39, 0.29) is 11.8 Å². The number of aromatic nitrogens is 2. The van der Waals surface area contributed by atoms with Crippen LogP contribution < -0.4 is 5.32 Å². The first-order chi connectivity index (χ1) is 12.5. The molecule has 0 bridgehead atoms. The maximum Gasteiger partial charge on any atom is 0.238 e. The van der Waals surface area contributed by atoms with Crippen molar-refractivity contribution < 1.29 is 9.59 Å². The summed E-state index contributed by atoms with van der Waals surface area (Å²) < 4.78 is 1.78. The Kier molecular flexibility index (Phi) is 5.96. The number of carbonyl (C=O) groups excluding carboxylic acids is 2. The van der Waals surface area contributed by atoms with Crippen LogP contribution in [0.1, 0.15) is 43.5 Å². The minimum absolute atomic E-state index is 0.0174. The van der Waals surface area contributed by atoms with E-state index >= 15 is 0 Å². The molecule has 26 heavy (non-hydrogen) atoms. The maximum absolute atomic E-state index is 12.6. The van der Waals surface area contributed by atoms with Crippen LogP contribution >= 0.6 is 0 Å². The van der Waals surface area contributed by atoms with E-state index in [2.05, 4.69) is 15.3 Å². The zero-order valence-electron chi connectivity index (χ0n) is 16.3. The van der Waals surface area contributed by atoms with Crippen LogP contribution in [0.3, 0.4) is 0 Å². The van der Waals surface area contributed by atoms with E-state index in [9.17, 15) is 9.59 Å². The molecule has 0 radical (unpaired) electrons. The molecule has 3 rings (SSSR count). The van der Waals surface area contributed by atoms with Crippen LogP contribution in [-0.2, 0) is 16.6 Å². The fourth-order valence-corrected chi connectivity index (χ4v) is 4.07. The summed E-state index contributed by atoms with van der Waals surface area (Å²) >= 11 is 0. The Hall–Kier alpha value is -1.89. The molecule has 0 spiro atoms. The predicted octanol–water partition coefficient (Wildman–Crippen LogP) is 1.70. The molecule has 1 aliphatic carbocycles. The van der Waals surface area contributed by atoms with Crippen LogP contribution in [0.15, 0.2) is 0 Å². The van der Waals surface area contributed by atoms with Gasteiger partial charge < -0.3 is 10.2 Å². The number of amides is 2. The normalized spacial score (nSPS) is 19.6. The van der Waals surface area contributed by atoms with Crippen molar-refractivity contribution in [2.24, 2.45) is 13.0 Å². The van der Waals surface area contributed by atoms with Crippen LogP contribution in [0.2, 0.25) is 0 Å². The fourth-order valence-electron chi connectivity index (χ4n) is 4.07. The van der Waals surface area contributed by atoms with Crippen molar-refractivity contribution in [1.29, 1.82) is 0 Å². The fraction of sp³-hybridized carbons (Fsp3) is 0.737. The summed E-state index contributed by atoms with van der Waals surface area (Å²) in [5, 5.41) is 7.32. The highest BCUT2D eigenvalue weighted by molar-refractivity contribution is 5.93. The number of nitrogens with one attached hydrogen (secondary N) is 1. The van der Waals surface area contributed by atoms with Gasteiger partial charge in [0, 0.05) is 39.1 Å². The molecule has 7 heteroatoms. The van der Waals surface area contributed by atoms with Crippen LogP contribution in [0.5, 0.6) is 0 Å². The number of nitrogens with zero attached hydrogens (tertiary/aromatic N) is 4. The van der Waals surface area contributed by atoms with Gasteiger partial charge in [-0.25, -0.2) is 0 Å². The third-order valence-corrected chi connectivity index (χ3v) is 5.78. The SMILES string of the molecule is Cc1nn(C)c(C)c1NC(=O)CN1CCN(C(=O)C2CCCCC2)CC1. The summed E-state index contributed by atoms with van der Waals surface area (Å²) in [5.74, 6) is 0.543. The number of piperazine rings is 1. The van der Waals surface area contributed by atoms with Crippen molar-refractivity contribution in [3.63, 3.8) is 0 Å². The number of carbonyl (C=O) groups is 2. The molecule has 1 aliphatic heterocycles. The third kappa shape index (κ3) is 4.26.